The van der Waals surface area contributed by atoms with Crippen molar-refractivity contribution in [3.05, 3.63) is 0 Å². The van der Waals surface area contributed by atoms with Crippen molar-refractivity contribution in [2.45, 2.75) is 32.5 Å². The minimum atomic E-state index is -5.11. The molecule has 9 heteroatoms. The molecular weight excluding hydrogens is 281 g/mol. The molecular formula is C11H19F3N2O4. The van der Waals surface area contributed by atoms with Gasteiger partial charge >= 0.3 is 18.2 Å². The lowest BCUT2D eigenvalue weighted by molar-refractivity contribution is -0.203. The van der Waals surface area contributed by atoms with Crippen molar-refractivity contribution in [3.8, 4) is 0 Å². The number of alkyl halides is 3. The van der Waals surface area contributed by atoms with Gasteiger partial charge in [-0.05, 0) is 12.8 Å². The van der Waals surface area contributed by atoms with E-state index in [1.807, 2.05) is 13.8 Å². The molecule has 0 radical (unpaired) electrons. The summed E-state index contributed by atoms with van der Waals surface area (Å²) >= 11 is 0. The molecule has 0 spiro atoms. The van der Waals surface area contributed by atoms with Crippen LogP contribution in [-0.4, -0.2) is 48.6 Å². The smallest absolute Gasteiger partial charge is 0.422 e. The van der Waals surface area contributed by atoms with Crippen LogP contribution < -0.4 is 10.6 Å². The predicted octanol–water partition coefficient (Wildman–Crippen LogP) is 1.36. The molecule has 0 aliphatic carbocycles. The quantitative estimate of drug-likeness (QED) is 0.620. The maximum absolute atomic E-state index is 12.6. The van der Waals surface area contributed by atoms with Gasteiger partial charge in [0.2, 0.25) is 5.54 Å². The number of carbonyl (C=O) groups is 2. The monoisotopic (exact) mass is 300 g/mol. The first-order chi connectivity index (χ1) is 9.00. The zero-order chi connectivity index (χ0) is 16.0. The van der Waals surface area contributed by atoms with Crippen molar-refractivity contribution in [2.24, 2.45) is 5.92 Å². The molecule has 1 unspecified atom stereocenters. The highest BCUT2D eigenvalue weighted by Gasteiger charge is 2.58. The van der Waals surface area contributed by atoms with Crippen molar-refractivity contribution >= 4 is 12.0 Å². The molecule has 0 aromatic carbocycles. The fraction of sp³-hybridized carbons (Fsp3) is 0.818. The summed E-state index contributed by atoms with van der Waals surface area (Å²) in [5.41, 5.74) is -3.34. The lowest BCUT2D eigenvalue weighted by Gasteiger charge is -2.28. The molecule has 2 amide bonds. The van der Waals surface area contributed by atoms with Gasteiger partial charge in [0, 0.05) is 13.2 Å². The Morgan fingerprint density at radius 2 is 1.85 bits per heavy atom. The van der Waals surface area contributed by atoms with E-state index in [4.69, 9.17) is 9.84 Å². The lowest BCUT2D eigenvalue weighted by atomic mass is 10.0. The fourth-order valence-electron chi connectivity index (χ4n) is 1.07. The Hall–Kier alpha value is -1.51. The van der Waals surface area contributed by atoms with Crippen molar-refractivity contribution in [3.63, 3.8) is 0 Å². The number of rotatable bonds is 7. The molecule has 3 N–H and O–H groups in total. The summed E-state index contributed by atoms with van der Waals surface area (Å²) < 4.78 is 42.9. The number of carboxylic acids is 1. The highest BCUT2D eigenvalue weighted by molar-refractivity contribution is 5.86. The van der Waals surface area contributed by atoms with Crippen molar-refractivity contribution in [2.75, 3.05) is 19.8 Å². The van der Waals surface area contributed by atoms with Crippen LogP contribution in [0.1, 0.15) is 20.8 Å². The third-order valence-electron chi connectivity index (χ3n) is 2.34. The average Bonchev–Trinajstić information content (AvgIpc) is 2.26. The van der Waals surface area contributed by atoms with Gasteiger partial charge in [-0.25, -0.2) is 9.59 Å². The number of aliphatic carboxylic acids is 1. The van der Waals surface area contributed by atoms with Crippen LogP contribution >= 0.6 is 0 Å². The number of hydrogen-bond acceptors (Lipinski definition) is 3. The molecule has 6 nitrogen and oxygen atoms in total. The van der Waals surface area contributed by atoms with E-state index in [0.29, 0.717) is 19.4 Å². The molecule has 0 fully saturated rings. The van der Waals surface area contributed by atoms with Gasteiger partial charge in [0.15, 0.2) is 0 Å². The number of halogens is 3. The Bertz CT molecular complexity index is 347. The molecule has 0 rings (SSSR count). The van der Waals surface area contributed by atoms with Gasteiger partial charge in [-0.15, -0.1) is 0 Å². The molecule has 0 saturated carbocycles. The second-order valence-corrected chi connectivity index (χ2v) is 4.78. The number of carbonyl (C=O) groups excluding carboxylic acids is 1. The first kappa shape index (κ1) is 18.5. The van der Waals surface area contributed by atoms with Gasteiger partial charge < -0.3 is 20.5 Å². The molecule has 1 atom stereocenters. The standard InChI is InChI=1S/C11H19F3N2O4/c1-7(2)6-20-5-4-15-9(19)16-10(3,8(17)18)11(12,13)14/h7H,4-6H2,1-3H3,(H,17,18)(H2,15,16,19). The van der Waals surface area contributed by atoms with E-state index >= 15 is 0 Å². The van der Waals surface area contributed by atoms with Crippen LogP contribution in [0, 0.1) is 5.92 Å². The third kappa shape index (κ3) is 5.64. The lowest BCUT2D eigenvalue weighted by Crippen LogP contribution is -2.63. The van der Waals surface area contributed by atoms with Crippen LogP contribution in [0.3, 0.4) is 0 Å². The molecule has 0 saturated heterocycles. The van der Waals surface area contributed by atoms with E-state index in [0.717, 1.165) is 0 Å². The number of amides is 2. The van der Waals surface area contributed by atoms with E-state index in [9.17, 15) is 22.8 Å². The van der Waals surface area contributed by atoms with Crippen LogP contribution in [0.15, 0.2) is 0 Å². The SMILES string of the molecule is CC(C)COCCNC(=O)NC(C)(C(=O)O)C(F)(F)F. The second kappa shape index (κ2) is 7.32. The van der Waals surface area contributed by atoms with Crippen LogP contribution in [0.5, 0.6) is 0 Å². The molecule has 118 valence electrons. The Labute approximate surface area is 114 Å². The first-order valence-corrected chi connectivity index (χ1v) is 5.94. The van der Waals surface area contributed by atoms with E-state index in [1.165, 1.54) is 5.32 Å². The molecule has 0 heterocycles. The molecule has 20 heavy (non-hydrogen) atoms. The van der Waals surface area contributed by atoms with Gasteiger partial charge in [-0.3, -0.25) is 0 Å². The maximum atomic E-state index is 12.6. The van der Waals surface area contributed by atoms with Gasteiger partial charge in [0.1, 0.15) is 0 Å². The normalized spacial score (nSPS) is 14.8. The predicted molar refractivity (Wildman–Crippen MR) is 64.3 cm³/mol. The van der Waals surface area contributed by atoms with Crippen LogP contribution in [0.25, 0.3) is 0 Å². The summed E-state index contributed by atoms with van der Waals surface area (Å²) in [7, 11) is 0. The zero-order valence-corrected chi connectivity index (χ0v) is 11.5. The Morgan fingerprint density at radius 1 is 1.30 bits per heavy atom. The summed E-state index contributed by atoms with van der Waals surface area (Å²) in [6.07, 6.45) is -5.11. The van der Waals surface area contributed by atoms with E-state index < -0.39 is 23.7 Å². The topological polar surface area (TPSA) is 87.7 Å². The zero-order valence-electron chi connectivity index (χ0n) is 11.5. The van der Waals surface area contributed by atoms with Gasteiger partial charge in [0.25, 0.3) is 0 Å². The number of ether oxygens (including phenoxy) is 1. The molecule has 0 aromatic heterocycles. The average molecular weight is 300 g/mol. The van der Waals surface area contributed by atoms with Crippen LogP contribution in [0.2, 0.25) is 0 Å². The number of carboxylic acid groups (broad SMARTS) is 1. The highest BCUT2D eigenvalue weighted by atomic mass is 19.4. The minimum absolute atomic E-state index is 0.0217. The minimum Gasteiger partial charge on any atom is -0.479 e. The Balaban J connectivity index is 4.27. The summed E-state index contributed by atoms with van der Waals surface area (Å²) in [6, 6.07) is -1.22. The number of hydrogen-bond donors (Lipinski definition) is 3. The van der Waals surface area contributed by atoms with Crippen molar-refractivity contribution in [1.82, 2.24) is 10.6 Å². The first-order valence-electron chi connectivity index (χ1n) is 5.94. The van der Waals surface area contributed by atoms with E-state index in [1.54, 1.807) is 0 Å². The van der Waals surface area contributed by atoms with Gasteiger partial charge in [-0.1, -0.05) is 13.8 Å². The molecule has 0 bridgehead atoms. The molecule has 0 aromatic rings. The van der Waals surface area contributed by atoms with Crippen LogP contribution in [0.4, 0.5) is 18.0 Å². The van der Waals surface area contributed by atoms with Crippen molar-refractivity contribution in [1.29, 1.82) is 0 Å². The van der Waals surface area contributed by atoms with Crippen molar-refractivity contribution < 1.29 is 32.6 Å². The van der Waals surface area contributed by atoms with E-state index in [-0.39, 0.29) is 13.2 Å². The molecule has 0 aliphatic rings. The fourth-order valence-corrected chi connectivity index (χ4v) is 1.07. The van der Waals surface area contributed by atoms with Gasteiger partial charge in [0.05, 0.1) is 6.61 Å². The summed E-state index contributed by atoms with van der Waals surface area (Å²) in [6.45, 7) is 4.78. The Morgan fingerprint density at radius 3 is 2.25 bits per heavy atom. The number of nitrogens with one attached hydrogen (secondary N) is 2. The number of urea groups is 1. The molecule has 0 aliphatic heterocycles. The summed E-state index contributed by atoms with van der Waals surface area (Å²) in [5.74, 6) is -1.89. The summed E-state index contributed by atoms with van der Waals surface area (Å²) in [4.78, 5) is 21.9. The van der Waals surface area contributed by atoms with Gasteiger partial charge in [-0.2, -0.15) is 13.2 Å². The van der Waals surface area contributed by atoms with Crippen LogP contribution in [-0.2, 0) is 9.53 Å². The summed E-state index contributed by atoms with van der Waals surface area (Å²) in [5, 5.41) is 12.1. The maximum Gasteiger partial charge on any atom is 0.422 e. The van der Waals surface area contributed by atoms with E-state index in [2.05, 4.69) is 5.32 Å². The third-order valence-corrected chi connectivity index (χ3v) is 2.34. The highest BCUT2D eigenvalue weighted by Crippen LogP contribution is 2.30. The Kier molecular flexibility index (Phi) is 6.77. The largest absolute Gasteiger partial charge is 0.479 e. The second-order valence-electron chi connectivity index (χ2n) is 4.78.